The third-order valence-corrected chi connectivity index (χ3v) is 2.16. The predicted molar refractivity (Wildman–Crippen MR) is 51.6 cm³/mol. The Hall–Kier alpha value is -1.36. The van der Waals surface area contributed by atoms with E-state index < -0.39 is 0 Å². The van der Waals surface area contributed by atoms with E-state index in [0.29, 0.717) is 6.42 Å². The van der Waals surface area contributed by atoms with Gasteiger partial charge >= 0.3 is 5.97 Å². The maximum atomic E-state index is 11.1. The summed E-state index contributed by atoms with van der Waals surface area (Å²) in [4.78, 5) is 15.1. The topological polar surface area (TPSA) is 56.1 Å². The van der Waals surface area contributed by atoms with Gasteiger partial charge in [-0.1, -0.05) is 0 Å². The Morgan fingerprint density at radius 3 is 2.93 bits per heavy atom. The number of nitrogens with one attached hydrogen (secondary N) is 1. The van der Waals surface area contributed by atoms with Crippen molar-refractivity contribution in [3.05, 3.63) is 18.2 Å². The molecule has 0 aromatic carbocycles. The summed E-state index contributed by atoms with van der Waals surface area (Å²) in [6.45, 7) is 0. The number of hydrogen-bond acceptors (Lipinski definition) is 4. The summed E-state index contributed by atoms with van der Waals surface area (Å²) in [6.07, 6.45) is 3.76. The summed E-state index contributed by atoms with van der Waals surface area (Å²) >= 11 is 0. The van der Waals surface area contributed by atoms with Crippen LogP contribution in [0, 0.1) is 0 Å². The number of methoxy groups -OCH3 is 1. The number of ether oxygens (including phenoxy) is 1. The number of esters is 1. The Balaban J connectivity index is 2.72. The van der Waals surface area contributed by atoms with Crippen molar-refractivity contribution in [2.45, 2.75) is 12.5 Å². The molecule has 1 unspecified atom stereocenters. The number of carbonyl (C=O) groups excluding carboxylic acids is 1. The van der Waals surface area contributed by atoms with E-state index in [1.54, 1.807) is 19.6 Å². The van der Waals surface area contributed by atoms with E-state index in [2.05, 4.69) is 15.0 Å². The molecule has 1 atom stereocenters. The van der Waals surface area contributed by atoms with Crippen LogP contribution in [-0.4, -0.2) is 29.7 Å². The summed E-state index contributed by atoms with van der Waals surface area (Å²) in [6, 6.07) is -0.0463. The number of nitrogens with zero attached hydrogens (tertiary/aromatic N) is 2. The van der Waals surface area contributed by atoms with Gasteiger partial charge < -0.3 is 14.6 Å². The Morgan fingerprint density at radius 2 is 2.50 bits per heavy atom. The lowest BCUT2D eigenvalue weighted by molar-refractivity contribution is -0.141. The highest BCUT2D eigenvalue weighted by atomic mass is 16.5. The van der Waals surface area contributed by atoms with Crippen molar-refractivity contribution >= 4 is 5.97 Å². The molecule has 78 valence electrons. The van der Waals surface area contributed by atoms with Gasteiger partial charge in [0.2, 0.25) is 0 Å². The fraction of sp³-hybridized carbons (Fsp3) is 0.556. The second kappa shape index (κ2) is 4.76. The van der Waals surface area contributed by atoms with Crippen LogP contribution in [0.5, 0.6) is 0 Å². The van der Waals surface area contributed by atoms with Crippen LogP contribution in [0.1, 0.15) is 18.2 Å². The first-order valence-electron chi connectivity index (χ1n) is 4.39. The number of hydrogen-bond donors (Lipinski definition) is 1. The number of aryl methyl sites for hydroxylation is 1. The smallest absolute Gasteiger partial charge is 0.307 e. The highest BCUT2D eigenvalue weighted by Crippen LogP contribution is 2.15. The molecule has 0 spiro atoms. The van der Waals surface area contributed by atoms with Crippen LogP contribution in [0.3, 0.4) is 0 Å². The van der Waals surface area contributed by atoms with Crippen molar-refractivity contribution in [2.24, 2.45) is 7.05 Å². The molecule has 14 heavy (non-hydrogen) atoms. The van der Waals surface area contributed by atoms with E-state index in [-0.39, 0.29) is 12.0 Å². The van der Waals surface area contributed by atoms with Crippen LogP contribution in [0.2, 0.25) is 0 Å². The van der Waals surface area contributed by atoms with Gasteiger partial charge in [0.1, 0.15) is 0 Å². The average Bonchev–Trinajstić information content (AvgIpc) is 2.60. The van der Waals surface area contributed by atoms with Crippen LogP contribution in [-0.2, 0) is 16.6 Å². The molecule has 0 aliphatic rings. The van der Waals surface area contributed by atoms with E-state index >= 15 is 0 Å². The molecule has 1 aromatic rings. The minimum absolute atomic E-state index is 0.0463. The molecule has 1 heterocycles. The van der Waals surface area contributed by atoms with Gasteiger partial charge in [-0.15, -0.1) is 0 Å². The lowest BCUT2D eigenvalue weighted by Crippen LogP contribution is -2.22. The standard InChI is InChI=1S/C9H15N3O2/c1-10-7(4-9(13)14-3)8-5-11-6-12(8)2/h5-7,10H,4H2,1-3H3. The molecule has 0 aliphatic heterocycles. The molecule has 1 aromatic heterocycles. The third kappa shape index (κ3) is 2.32. The molecule has 0 fully saturated rings. The van der Waals surface area contributed by atoms with E-state index in [1.807, 2.05) is 11.6 Å². The van der Waals surface area contributed by atoms with E-state index in [4.69, 9.17) is 0 Å². The van der Waals surface area contributed by atoms with Crippen LogP contribution >= 0.6 is 0 Å². The average molecular weight is 197 g/mol. The van der Waals surface area contributed by atoms with Gasteiger partial charge in [-0.2, -0.15) is 0 Å². The fourth-order valence-electron chi connectivity index (χ4n) is 1.31. The molecule has 0 radical (unpaired) electrons. The normalized spacial score (nSPS) is 12.5. The molecular formula is C9H15N3O2. The number of rotatable bonds is 4. The second-order valence-electron chi connectivity index (χ2n) is 3.05. The highest BCUT2D eigenvalue weighted by Gasteiger charge is 2.16. The van der Waals surface area contributed by atoms with E-state index in [1.165, 1.54) is 7.11 Å². The molecule has 5 nitrogen and oxygen atoms in total. The van der Waals surface area contributed by atoms with Gasteiger partial charge in [0, 0.05) is 13.2 Å². The number of carbonyl (C=O) groups is 1. The van der Waals surface area contributed by atoms with Crippen molar-refractivity contribution in [1.29, 1.82) is 0 Å². The molecule has 0 amide bonds. The minimum Gasteiger partial charge on any atom is -0.469 e. The SMILES string of the molecule is CNC(CC(=O)OC)c1cncn1C. The Kier molecular flexibility index (Phi) is 3.64. The monoisotopic (exact) mass is 197 g/mol. The van der Waals surface area contributed by atoms with E-state index in [9.17, 15) is 4.79 Å². The molecule has 5 heteroatoms. The maximum absolute atomic E-state index is 11.1. The molecule has 0 saturated carbocycles. The van der Waals surface area contributed by atoms with Crippen LogP contribution in [0.4, 0.5) is 0 Å². The maximum Gasteiger partial charge on any atom is 0.307 e. The molecule has 0 aliphatic carbocycles. The number of aromatic nitrogens is 2. The summed E-state index contributed by atoms with van der Waals surface area (Å²) < 4.78 is 6.49. The molecule has 1 N–H and O–H groups in total. The van der Waals surface area contributed by atoms with Gasteiger partial charge in [0.15, 0.2) is 0 Å². The first kappa shape index (κ1) is 10.7. The Bertz CT molecular complexity index is 309. The van der Waals surface area contributed by atoms with Crippen molar-refractivity contribution in [3.63, 3.8) is 0 Å². The first-order chi connectivity index (χ1) is 6.69. The Morgan fingerprint density at radius 1 is 1.79 bits per heavy atom. The largest absolute Gasteiger partial charge is 0.469 e. The van der Waals surface area contributed by atoms with Gasteiger partial charge in [0.05, 0.1) is 31.6 Å². The zero-order valence-corrected chi connectivity index (χ0v) is 8.65. The lowest BCUT2D eigenvalue weighted by Gasteiger charge is -2.14. The summed E-state index contributed by atoms with van der Waals surface area (Å²) in [5, 5.41) is 3.05. The predicted octanol–water partition coefficient (Wildman–Crippen LogP) is 0.244. The molecule has 0 saturated heterocycles. The van der Waals surface area contributed by atoms with Crippen molar-refractivity contribution in [2.75, 3.05) is 14.2 Å². The van der Waals surface area contributed by atoms with Crippen LogP contribution < -0.4 is 5.32 Å². The first-order valence-corrected chi connectivity index (χ1v) is 4.39. The van der Waals surface area contributed by atoms with Gasteiger partial charge in [-0.25, -0.2) is 4.98 Å². The fourth-order valence-corrected chi connectivity index (χ4v) is 1.31. The summed E-state index contributed by atoms with van der Waals surface area (Å²) in [5.41, 5.74) is 0.970. The van der Waals surface area contributed by atoms with Crippen molar-refractivity contribution < 1.29 is 9.53 Å². The molecular weight excluding hydrogens is 182 g/mol. The summed E-state index contributed by atoms with van der Waals surface area (Å²) in [5.74, 6) is -0.231. The molecule has 1 rings (SSSR count). The van der Waals surface area contributed by atoms with Crippen LogP contribution in [0.15, 0.2) is 12.5 Å². The van der Waals surface area contributed by atoms with Gasteiger partial charge in [0.25, 0.3) is 0 Å². The van der Waals surface area contributed by atoms with Crippen molar-refractivity contribution in [1.82, 2.24) is 14.9 Å². The number of imidazole rings is 1. The Labute approximate surface area is 83.1 Å². The second-order valence-corrected chi connectivity index (χ2v) is 3.05. The zero-order chi connectivity index (χ0) is 10.6. The van der Waals surface area contributed by atoms with E-state index in [0.717, 1.165) is 5.69 Å². The zero-order valence-electron chi connectivity index (χ0n) is 8.65. The van der Waals surface area contributed by atoms with Gasteiger partial charge in [-0.3, -0.25) is 4.79 Å². The lowest BCUT2D eigenvalue weighted by atomic mass is 10.1. The highest BCUT2D eigenvalue weighted by molar-refractivity contribution is 5.70. The van der Waals surface area contributed by atoms with Crippen LogP contribution in [0.25, 0.3) is 0 Å². The molecule has 0 bridgehead atoms. The minimum atomic E-state index is -0.231. The quantitative estimate of drug-likeness (QED) is 0.703. The summed E-state index contributed by atoms with van der Waals surface area (Å²) in [7, 11) is 5.09. The third-order valence-electron chi connectivity index (χ3n) is 2.16. The van der Waals surface area contributed by atoms with Crippen molar-refractivity contribution in [3.8, 4) is 0 Å². The van der Waals surface area contributed by atoms with Gasteiger partial charge in [-0.05, 0) is 7.05 Å².